The molecule has 0 atom stereocenters. The fraction of sp³-hybridized carbons (Fsp3) is 0.217. The van der Waals surface area contributed by atoms with E-state index in [1.165, 1.54) is 0 Å². The number of nitriles is 2. The van der Waals surface area contributed by atoms with E-state index in [0.29, 0.717) is 23.6 Å². The Balaban J connectivity index is 1.77. The summed E-state index contributed by atoms with van der Waals surface area (Å²) in [5.74, 6) is 1.39. The van der Waals surface area contributed by atoms with Crippen molar-refractivity contribution in [3.63, 3.8) is 0 Å². The van der Waals surface area contributed by atoms with Gasteiger partial charge in [-0.05, 0) is 79.9 Å². The summed E-state index contributed by atoms with van der Waals surface area (Å²) in [6.07, 6.45) is 2.61. The number of aryl methyl sites for hydroxylation is 2. The first-order chi connectivity index (χ1) is 14.0. The highest BCUT2D eigenvalue weighted by Gasteiger charge is 2.12. The van der Waals surface area contributed by atoms with Crippen LogP contribution >= 0.6 is 0 Å². The largest absolute Gasteiger partial charge is 0.343 e. The quantitative estimate of drug-likeness (QED) is 0.746. The number of guanidine groups is 1. The van der Waals surface area contributed by atoms with Crippen LogP contribution in [0.4, 0.5) is 11.4 Å². The Hall–Kier alpha value is -3.90. The fourth-order valence-electron chi connectivity index (χ4n) is 3.11. The third-order valence-corrected chi connectivity index (χ3v) is 4.51. The van der Waals surface area contributed by atoms with Gasteiger partial charge in [-0.25, -0.2) is 0 Å². The van der Waals surface area contributed by atoms with Gasteiger partial charge < -0.3 is 10.6 Å². The van der Waals surface area contributed by atoms with Crippen molar-refractivity contribution in [1.82, 2.24) is 0 Å². The van der Waals surface area contributed by atoms with Gasteiger partial charge in [0.15, 0.2) is 0 Å². The highest BCUT2D eigenvalue weighted by molar-refractivity contribution is 6.09. The average molecular weight is 382 g/mol. The second-order valence-electron chi connectivity index (χ2n) is 6.92. The smallest absolute Gasteiger partial charge is 0.224 e. The summed E-state index contributed by atoms with van der Waals surface area (Å²) in [7, 11) is 0. The molecule has 0 aromatic heterocycles. The van der Waals surface area contributed by atoms with Crippen molar-refractivity contribution in [2.75, 3.05) is 17.2 Å². The van der Waals surface area contributed by atoms with E-state index in [1.807, 2.05) is 32.1 Å². The Labute approximate surface area is 170 Å². The number of nitrogens with zero attached hydrogens (tertiary/aromatic N) is 4. The standard InChI is InChI=1S/C23H22N6/c1-15(13-24)10-19-11-16(2)22(17(3)12-19)28-21-8-9-26-23(29-21)27-20-6-4-18(14-25)5-7-20/h4-7,10-12H,8-9H2,1-3H3,(H2,26,27,28,29)/b15-10-. The molecule has 0 radical (unpaired) electrons. The van der Waals surface area contributed by atoms with Crippen LogP contribution in [0.3, 0.4) is 0 Å². The molecule has 6 heteroatoms. The Bertz CT molecular complexity index is 1070. The molecular weight excluding hydrogens is 360 g/mol. The van der Waals surface area contributed by atoms with Crippen molar-refractivity contribution >= 4 is 29.2 Å². The van der Waals surface area contributed by atoms with E-state index in [-0.39, 0.29) is 0 Å². The summed E-state index contributed by atoms with van der Waals surface area (Å²) in [5.41, 5.74) is 6.35. The second-order valence-corrected chi connectivity index (χ2v) is 6.92. The number of anilines is 2. The van der Waals surface area contributed by atoms with Crippen molar-refractivity contribution in [1.29, 1.82) is 10.5 Å². The van der Waals surface area contributed by atoms with Crippen LogP contribution in [0.15, 0.2) is 52.0 Å². The molecule has 0 amide bonds. The average Bonchev–Trinajstić information content (AvgIpc) is 2.71. The minimum absolute atomic E-state index is 0.544. The van der Waals surface area contributed by atoms with Gasteiger partial charge in [-0.1, -0.05) is 0 Å². The van der Waals surface area contributed by atoms with Gasteiger partial charge >= 0.3 is 0 Å². The maximum Gasteiger partial charge on any atom is 0.224 e. The molecule has 0 saturated carbocycles. The number of rotatable bonds is 3. The summed E-state index contributed by atoms with van der Waals surface area (Å²) < 4.78 is 0. The lowest BCUT2D eigenvalue weighted by atomic mass is 10.0. The summed E-state index contributed by atoms with van der Waals surface area (Å²) in [6, 6.07) is 15.6. The first-order valence-electron chi connectivity index (χ1n) is 9.34. The Morgan fingerprint density at radius 1 is 1.07 bits per heavy atom. The van der Waals surface area contributed by atoms with Gasteiger partial charge in [-0.15, -0.1) is 0 Å². The molecule has 29 heavy (non-hydrogen) atoms. The highest BCUT2D eigenvalue weighted by atomic mass is 15.2. The molecule has 0 bridgehead atoms. The molecule has 3 rings (SSSR count). The molecule has 0 saturated heterocycles. The molecular formula is C23H22N6. The monoisotopic (exact) mass is 382 g/mol. The summed E-state index contributed by atoms with van der Waals surface area (Å²) in [4.78, 5) is 9.04. The predicted molar refractivity (Wildman–Crippen MR) is 118 cm³/mol. The van der Waals surface area contributed by atoms with Gasteiger partial charge in [0.25, 0.3) is 0 Å². The Kier molecular flexibility index (Phi) is 6.06. The number of hydrogen-bond donors (Lipinski definition) is 2. The lowest BCUT2D eigenvalue weighted by molar-refractivity contribution is 1.01. The number of nitrogens with one attached hydrogen (secondary N) is 2. The van der Waals surface area contributed by atoms with E-state index in [4.69, 9.17) is 10.5 Å². The van der Waals surface area contributed by atoms with Crippen molar-refractivity contribution in [2.45, 2.75) is 27.2 Å². The van der Waals surface area contributed by atoms with E-state index in [2.05, 4.69) is 44.9 Å². The van der Waals surface area contributed by atoms with Gasteiger partial charge in [0.2, 0.25) is 5.96 Å². The van der Waals surface area contributed by atoms with E-state index in [1.54, 1.807) is 19.1 Å². The maximum absolute atomic E-state index is 8.98. The number of amidine groups is 1. The first kappa shape index (κ1) is 19.9. The van der Waals surface area contributed by atoms with Crippen molar-refractivity contribution in [3.8, 4) is 12.1 Å². The lowest BCUT2D eigenvalue weighted by Crippen LogP contribution is -2.24. The van der Waals surface area contributed by atoms with Gasteiger partial charge in [-0.3, -0.25) is 4.99 Å². The van der Waals surface area contributed by atoms with Crippen LogP contribution in [0.5, 0.6) is 0 Å². The van der Waals surface area contributed by atoms with Gasteiger partial charge in [0.05, 0.1) is 17.7 Å². The summed E-state index contributed by atoms with van der Waals surface area (Å²) >= 11 is 0. The van der Waals surface area contributed by atoms with Crippen LogP contribution in [-0.2, 0) is 0 Å². The van der Waals surface area contributed by atoms with Crippen LogP contribution in [0.2, 0.25) is 0 Å². The molecule has 0 spiro atoms. The maximum atomic E-state index is 8.98. The zero-order valence-electron chi connectivity index (χ0n) is 16.7. The molecule has 1 aliphatic rings. The number of hydrogen-bond acceptors (Lipinski definition) is 6. The van der Waals surface area contributed by atoms with Crippen LogP contribution in [0.1, 0.15) is 35.6 Å². The van der Waals surface area contributed by atoms with Gasteiger partial charge in [0, 0.05) is 29.9 Å². The minimum atomic E-state index is 0.544. The van der Waals surface area contributed by atoms with E-state index in [9.17, 15) is 0 Å². The molecule has 0 fully saturated rings. The van der Waals surface area contributed by atoms with Crippen molar-refractivity contribution in [3.05, 3.63) is 64.2 Å². The van der Waals surface area contributed by atoms with E-state index in [0.717, 1.165) is 40.3 Å². The van der Waals surface area contributed by atoms with E-state index >= 15 is 0 Å². The van der Waals surface area contributed by atoms with Crippen LogP contribution in [0, 0.1) is 36.5 Å². The van der Waals surface area contributed by atoms with Gasteiger partial charge in [0.1, 0.15) is 5.84 Å². The third-order valence-electron chi connectivity index (χ3n) is 4.51. The molecule has 1 heterocycles. The topological polar surface area (TPSA) is 96.4 Å². The minimum Gasteiger partial charge on any atom is -0.343 e. The molecule has 2 aromatic rings. The summed E-state index contributed by atoms with van der Waals surface area (Å²) in [5, 5.41) is 24.5. The van der Waals surface area contributed by atoms with Crippen LogP contribution < -0.4 is 10.6 Å². The number of aliphatic imine (C=N–C) groups is 2. The third kappa shape index (κ3) is 5.09. The fourth-order valence-corrected chi connectivity index (χ4v) is 3.11. The first-order valence-corrected chi connectivity index (χ1v) is 9.34. The molecule has 2 N–H and O–H groups in total. The molecule has 6 nitrogen and oxygen atoms in total. The Morgan fingerprint density at radius 2 is 1.76 bits per heavy atom. The normalized spacial score (nSPS) is 13.6. The molecule has 144 valence electrons. The highest BCUT2D eigenvalue weighted by Crippen LogP contribution is 2.24. The lowest BCUT2D eigenvalue weighted by Gasteiger charge is -2.18. The zero-order valence-corrected chi connectivity index (χ0v) is 16.7. The van der Waals surface area contributed by atoms with Gasteiger partial charge in [-0.2, -0.15) is 15.5 Å². The van der Waals surface area contributed by atoms with E-state index < -0.39 is 0 Å². The van der Waals surface area contributed by atoms with Crippen LogP contribution in [-0.4, -0.2) is 18.3 Å². The summed E-state index contributed by atoms with van der Waals surface area (Å²) in [6.45, 7) is 6.53. The van der Waals surface area contributed by atoms with Crippen LogP contribution in [0.25, 0.3) is 6.08 Å². The predicted octanol–water partition coefficient (Wildman–Crippen LogP) is 4.78. The molecule has 0 unspecified atom stereocenters. The number of allylic oxidation sites excluding steroid dienone is 1. The Morgan fingerprint density at radius 3 is 2.38 bits per heavy atom. The van der Waals surface area contributed by atoms with Crippen molar-refractivity contribution in [2.24, 2.45) is 9.98 Å². The molecule has 0 aliphatic carbocycles. The zero-order chi connectivity index (χ0) is 20.8. The SMILES string of the molecule is C/C(C#N)=C/c1cc(C)c(NC2=NC(Nc3ccc(C#N)cc3)=NCC2)c(C)c1. The molecule has 2 aromatic carbocycles. The molecule has 1 aliphatic heterocycles. The number of benzene rings is 2. The van der Waals surface area contributed by atoms with Crippen molar-refractivity contribution < 1.29 is 0 Å². The second kappa shape index (κ2) is 8.86.